The average Bonchev–Trinajstić information content (AvgIpc) is 2.96. The Balaban J connectivity index is 1.66. The minimum Gasteiger partial charge on any atom is -0.347 e. The van der Waals surface area contributed by atoms with Gasteiger partial charge < -0.3 is 10.6 Å². The highest BCUT2D eigenvalue weighted by molar-refractivity contribution is 7.89. The monoisotopic (exact) mass is 335 g/mol. The fourth-order valence-corrected chi connectivity index (χ4v) is 2.99. The van der Waals surface area contributed by atoms with Crippen LogP contribution >= 0.6 is 0 Å². The molecule has 23 heavy (non-hydrogen) atoms. The Morgan fingerprint density at radius 3 is 2.74 bits per heavy atom. The molecule has 1 amide bonds. The maximum atomic E-state index is 12.2. The maximum Gasteiger partial charge on any atom is 0.272 e. The zero-order valence-electron chi connectivity index (χ0n) is 12.3. The third kappa shape index (κ3) is 3.41. The van der Waals surface area contributed by atoms with Crippen molar-refractivity contribution in [1.29, 1.82) is 0 Å². The molecule has 0 fully saturated rings. The van der Waals surface area contributed by atoms with Gasteiger partial charge in [0.25, 0.3) is 5.91 Å². The largest absolute Gasteiger partial charge is 0.347 e. The molecule has 0 saturated heterocycles. The van der Waals surface area contributed by atoms with Crippen LogP contribution in [0.15, 0.2) is 29.2 Å². The molecule has 2 heterocycles. The average molecular weight is 335 g/mol. The molecule has 122 valence electrons. The first kappa shape index (κ1) is 15.7. The Morgan fingerprint density at radius 2 is 2.04 bits per heavy atom. The van der Waals surface area contributed by atoms with Crippen LogP contribution in [0.5, 0.6) is 0 Å². The summed E-state index contributed by atoms with van der Waals surface area (Å²) in [6, 6.07) is 6.05. The minimum atomic E-state index is -3.71. The summed E-state index contributed by atoms with van der Waals surface area (Å²) in [5, 5.41) is 18.0. The third-order valence-corrected chi connectivity index (χ3v) is 4.66. The van der Waals surface area contributed by atoms with Crippen LogP contribution in [0.2, 0.25) is 0 Å². The number of aromatic nitrogens is 2. The number of nitrogens with two attached hydrogens (primary N) is 1. The van der Waals surface area contributed by atoms with Gasteiger partial charge in [0, 0.05) is 37.3 Å². The van der Waals surface area contributed by atoms with Crippen molar-refractivity contribution in [2.75, 3.05) is 6.54 Å². The van der Waals surface area contributed by atoms with E-state index in [4.69, 9.17) is 5.14 Å². The molecule has 0 radical (unpaired) electrons. The number of primary sulfonamides is 1. The lowest BCUT2D eigenvalue weighted by Gasteiger charge is -2.12. The van der Waals surface area contributed by atoms with E-state index in [9.17, 15) is 13.2 Å². The highest BCUT2D eigenvalue weighted by Gasteiger charge is 2.21. The topological polar surface area (TPSA) is 130 Å². The van der Waals surface area contributed by atoms with E-state index in [0.29, 0.717) is 12.2 Å². The molecule has 5 N–H and O–H groups in total. The van der Waals surface area contributed by atoms with Crippen LogP contribution in [-0.4, -0.2) is 31.1 Å². The van der Waals surface area contributed by atoms with E-state index in [1.807, 2.05) is 0 Å². The summed E-state index contributed by atoms with van der Waals surface area (Å²) >= 11 is 0. The summed E-state index contributed by atoms with van der Waals surface area (Å²) in [5.41, 5.74) is 3.06. The molecule has 1 aromatic carbocycles. The lowest BCUT2D eigenvalue weighted by atomic mass is 10.1. The minimum absolute atomic E-state index is 0.0417. The maximum absolute atomic E-state index is 12.2. The van der Waals surface area contributed by atoms with Crippen LogP contribution in [0.1, 0.15) is 27.3 Å². The number of rotatable bonds is 4. The van der Waals surface area contributed by atoms with Crippen molar-refractivity contribution < 1.29 is 13.2 Å². The highest BCUT2D eigenvalue weighted by atomic mass is 32.2. The molecule has 1 aliphatic rings. The summed E-state index contributed by atoms with van der Waals surface area (Å²) in [6.07, 6.45) is 0.824. The van der Waals surface area contributed by atoms with Crippen molar-refractivity contribution in [2.24, 2.45) is 5.14 Å². The second-order valence-corrected chi connectivity index (χ2v) is 6.89. The van der Waals surface area contributed by atoms with Gasteiger partial charge in [-0.1, -0.05) is 12.1 Å². The Bertz CT molecular complexity index is 827. The van der Waals surface area contributed by atoms with Gasteiger partial charge in [-0.2, -0.15) is 5.10 Å². The van der Waals surface area contributed by atoms with Gasteiger partial charge in [-0.05, 0) is 17.7 Å². The van der Waals surface area contributed by atoms with Crippen molar-refractivity contribution in [1.82, 2.24) is 20.8 Å². The fraction of sp³-hybridized carbons (Fsp3) is 0.286. The van der Waals surface area contributed by atoms with E-state index in [0.717, 1.165) is 29.8 Å². The van der Waals surface area contributed by atoms with Gasteiger partial charge in [0.05, 0.1) is 4.90 Å². The quantitative estimate of drug-likeness (QED) is 0.606. The van der Waals surface area contributed by atoms with Crippen LogP contribution < -0.4 is 15.8 Å². The van der Waals surface area contributed by atoms with E-state index in [1.165, 1.54) is 12.1 Å². The number of H-pyrrole nitrogens is 1. The zero-order valence-corrected chi connectivity index (χ0v) is 13.1. The molecule has 8 nitrogen and oxygen atoms in total. The summed E-state index contributed by atoms with van der Waals surface area (Å²) in [5.74, 6) is -0.262. The number of nitrogens with one attached hydrogen (secondary N) is 3. The van der Waals surface area contributed by atoms with Crippen LogP contribution in [0.25, 0.3) is 0 Å². The normalized spacial score (nSPS) is 14.3. The molecule has 0 unspecified atom stereocenters. The fourth-order valence-electron chi connectivity index (χ4n) is 2.48. The molecule has 3 rings (SSSR count). The van der Waals surface area contributed by atoms with Gasteiger partial charge in [0.15, 0.2) is 5.69 Å². The third-order valence-electron chi connectivity index (χ3n) is 3.73. The number of hydrogen-bond acceptors (Lipinski definition) is 5. The second kappa shape index (κ2) is 6.11. The van der Waals surface area contributed by atoms with Gasteiger partial charge in [0.1, 0.15) is 0 Å². The number of hydrogen-bond donors (Lipinski definition) is 4. The summed E-state index contributed by atoms with van der Waals surface area (Å²) in [4.78, 5) is 12.3. The molecular weight excluding hydrogens is 318 g/mol. The van der Waals surface area contributed by atoms with Crippen molar-refractivity contribution in [3.8, 4) is 0 Å². The number of aromatic amines is 1. The molecule has 0 aliphatic carbocycles. The number of sulfonamides is 1. The number of carbonyl (C=O) groups is 1. The standard InChI is InChI=1S/C14H17N5O3S/c15-23(21,22)10-3-1-9(2-4-10)7-17-14(20)13-11-8-16-6-5-12(11)18-19-13/h1-4,16H,5-8H2,(H,17,20)(H,18,19)(H2,15,21,22). The van der Waals surface area contributed by atoms with E-state index in [2.05, 4.69) is 20.8 Å². The van der Waals surface area contributed by atoms with Crippen molar-refractivity contribution in [3.63, 3.8) is 0 Å². The summed E-state index contributed by atoms with van der Waals surface area (Å²) in [7, 11) is -3.71. The van der Waals surface area contributed by atoms with Crippen molar-refractivity contribution in [2.45, 2.75) is 24.4 Å². The van der Waals surface area contributed by atoms with Crippen molar-refractivity contribution in [3.05, 3.63) is 46.8 Å². The van der Waals surface area contributed by atoms with Gasteiger partial charge in [-0.25, -0.2) is 13.6 Å². The van der Waals surface area contributed by atoms with E-state index in [1.54, 1.807) is 12.1 Å². The number of nitrogens with zero attached hydrogens (tertiary/aromatic N) is 1. The first-order chi connectivity index (χ1) is 10.9. The van der Waals surface area contributed by atoms with Crippen molar-refractivity contribution >= 4 is 15.9 Å². The predicted octanol–water partition coefficient (Wildman–Crippen LogP) is -0.367. The van der Waals surface area contributed by atoms with Crippen LogP contribution in [-0.2, 0) is 29.5 Å². The first-order valence-corrected chi connectivity index (χ1v) is 8.66. The molecular formula is C14H17N5O3S. The number of carbonyl (C=O) groups excluding carboxylic acids is 1. The molecule has 1 aliphatic heterocycles. The van der Waals surface area contributed by atoms with Gasteiger partial charge in [0.2, 0.25) is 10.0 Å². The Kier molecular flexibility index (Phi) is 4.16. The number of benzene rings is 1. The number of fused-ring (bicyclic) bond motifs is 1. The molecule has 2 aromatic rings. The molecule has 9 heteroatoms. The Hall–Kier alpha value is -2.23. The Labute approximate surface area is 133 Å². The van der Waals surface area contributed by atoms with Crippen LogP contribution in [0.3, 0.4) is 0 Å². The van der Waals surface area contributed by atoms with E-state index < -0.39 is 10.0 Å². The van der Waals surface area contributed by atoms with Crippen LogP contribution in [0, 0.1) is 0 Å². The summed E-state index contributed by atoms with van der Waals surface area (Å²) < 4.78 is 22.4. The second-order valence-electron chi connectivity index (χ2n) is 5.33. The van der Waals surface area contributed by atoms with Gasteiger partial charge in [-0.15, -0.1) is 0 Å². The Morgan fingerprint density at radius 1 is 1.30 bits per heavy atom. The number of amides is 1. The molecule has 1 aromatic heterocycles. The molecule has 0 bridgehead atoms. The van der Waals surface area contributed by atoms with Gasteiger partial charge >= 0.3 is 0 Å². The molecule has 0 saturated carbocycles. The van der Waals surface area contributed by atoms with E-state index >= 15 is 0 Å². The molecule has 0 atom stereocenters. The predicted molar refractivity (Wildman–Crippen MR) is 83.0 cm³/mol. The SMILES string of the molecule is NS(=O)(=O)c1ccc(CNC(=O)c2n[nH]c3c2CNCC3)cc1. The first-order valence-electron chi connectivity index (χ1n) is 7.12. The lowest BCUT2D eigenvalue weighted by Crippen LogP contribution is -2.28. The highest BCUT2D eigenvalue weighted by Crippen LogP contribution is 2.15. The lowest BCUT2D eigenvalue weighted by molar-refractivity contribution is 0.0944. The zero-order chi connectivity index (χ0) is 16.4. The van der Waals surface area contributed by atoms with Gasteiger partial charge in [-0.3, -0.25) is 9.89 Å². The smallest absolute Gasteiger partial charge is 0.272 e. The molecule has 0 spiro atoms. The van der Waals surface area contributed by atoms with Crippen LogP contribution in [0.4, 0.5) is 0 Å². The van der Waals surface area contributed by atoms with E-state index in [-0.39, 0.29) is 17.3 Å². The summed E-state index contributed by atoms with van der Waals surface area (Å²) in [6.45, 7) is 1.77.